The van der Waals surface area contributed by atoms with Gasteiger partial charge in [0.1, 0.15) is 0 Å². The van der Waals surface area contributed by atoms with Crippen molar-refractivity contribution in [3.8, 4) is 22.6 Å². The summed E-state index contributed by atoms with van der Waals surface area (Å²) in [5, 5.41) is 14.2. The van der Waals surface area contributed by atoms with Crippen LogP contribution in [0.15, 0.2) is 53.6 Å². The fourth-order valence-electron chi connectivity index (χ4n) is 5.60. The number of aromatic nitrogens is 7. The first kappa shape index (κ1) is 23.2. The van der Waals surface area contributed by atoms with Crippen LogP contribution in [0.1, 0.15) is 69.2 Å². The molecule has 0 amide bonds. The molecule has 1 atom stereocenters. The van der Waals surface area contributed by atoms with E-state index in [1.54, 1.807) is 0 Å². The lowest BCUT2D eigenvalue weighted by Gasteiger charge is -2.31. The number of nitrogens with one attached hydrogen (secondary N) is 1. The molecule has 4 aromatic rings. The van der Waals surface area contributed by atoms with Crippen molar-refractivity contribution in [1.82, 2.24) is 34.7 Å². The first-order chi connectivity index (χ1) is 17.2. The van der Waals surface area contributed by atoms with E-state index in [0.29, 0.717) is 24.3 Å². The SMILES string of the molecule is CCCC(C1CCCCC1)n1c(C)cn(Cc2ccc(-c3ccccc3-c3nnn[nH]3)nc2)c1=O. The number of tetrazole rings is 1. The predicted molar refractivity (Wildman–Crippen MR) is 136 cm³/mol. The highest BCUT2D eigenvalue weighted by Gasteiger charge is 2.27. The molecule has 35 heavy (non-hydrogen) atoms. The summed E-state index contributed by atoms with van der Waals surface area (Å²) in [7, 11) is 0. The lowest BCUT2D eigenvalue weighted by Crippen LogP contribution is -2.33. The molecule has 5 rings (SSSR count). The molecule has 3 heterocycles. The van der Waals surface area contributed by atoms with Gasteiger partial charge in [0.05, 0.1) is 12.2 Å². The molecular weight excluding hydrogens is 438 g/mol. The van der Waals surface area contributed by atoms with Gasteiger partial charge in [0.2, 0.25) is 0 Å². The maximum absolute atomic E-state index is 13.5. The number of hydrogen-bond acceptors (Lipinski definition) is 5. The summed E-state index contributed by atoms with van der Waals surface area (Å²) in [6.45, 7) is 4.80. The van der Waals surface area contributed by atoms with Gasteiger partial charge in [-0.05, 0) is 54.2 Å². The van der Waals surface area contributed by atoms with Crippen LogP contribution in [0.5, 0.6) is 0 Å². The summed E-state index contributed by atoms with van der Waals surface area (Å²) in [5.74, 6) is 1.21. The molecule has 0 radical (unpaired) electrons. The van der Waals surface area contributed by atoms with Crippen molar-refractivity contribution in [2.24, 2.45) is 5.92 Å². The number of benzene rings is 1. The minimum Gasteiger partial charge on any atom is -0.294 e. The summed E-state index contributed by atoms with van der Waals surface area (Å²) in [6, 6.07) is 12.2. The second-order valence-electron chi connectivity index (χ2n) is 9.65. The lowest BCUT2D eigenvalue weighted by atomic mass is 9.82. The van der Waals surface area contributed by atoms with Crippen molar-refractivity contribution in [2.75, 3.05) is 0 Å². The van der Waals surface area contributed by atoms with E-state index in [0.717, 1.165) is 40.9 Å². The van der Waals surface area contributed by atoms with Crippen LogP contribution in [0.25, 0.3) is 22.6 Å². The van der Waals surface area contributed by atoms with Crippen LogP contribution in [0.4, 0.5) is 0 Å². The number of H-pyrrole nitrogens is 1. The van der Waals surface area contributed by atoms with Gasteiger partial charge in [-0.1, -0.05) is 62.9 Å². The maximum atomic E-state index is 13.5. The molecule has 182 valence electrons. The Hall–Kier alpha value is -3.55. The highest BCUT2D eigenvalue weighted by atomic mass is 16.1. The molecule has 0 aliphatic heterocycles. The van der Waals surface area contributed by atoms with E-state index < -0.39 is 0 Å². The van der Waals surface area contributed by atoms with Gasteiger partial charge in [-0.15, -0.1) is 5.10 Å². The topological polar surface area (TPSA) is 94.3 Å². The van der Waals surface area contributed by atoms with Crippen LogP contribution < -0.4 is 5.69 Å². The van der Waals surface area contributed by atoms with Gasteiger partial charge in [0.15, 0.2) is 5.82 Å². The van der Waals surface area contributed by atoms with E-state index >= 15 is 0 Å². The monoisotopic (exact) mass is 471 g/mol. The number of hydrogen-bond donors (Lipinski definition) is 1. The second-order valence-corrected chi connectivity index (χ2v) is 9.65. The van der Waals surface area contributed by atoms with Crippen molar-refractivity contribution < 1.29 is 0 Å². The Morgan fingerprint density at radius 1 is 1.09 bits per heavy atom. The summed E-state index contributed by atoms with van der Waals surface area (Å²) in [6.07, 6.45) is 12.4. The van der Waals surface area contributed by atoms with E-state index in [4.69, 9.17) is 4.98 Å². The molecule has 1 fully saturated rings. The van der Waals surface area contributed by atoms with Crippen LogP contribution in [-0.2, 0) is 6.54 Å². The van der Waals surface area contributed by atoms with Gasteiger partial charge in [-0.2, -0.15) is 0 Å². The zero-order valence-electron chi connectivity index (χ0n) is 20.5. The molecule has 3 aromatic heterocycles. The molecule has 0 bridgehead atoms. The van der Waals surface area contributed by atoms with Gasteiger partial charge >= 0.3 is 5.69 Å². The zero-order chi connectivity index (χ0) is 24.2. The summed E-state index contributed by atoms with van der Waals surface area (Å²) in [4.78, 5) is 18.2. The average molecular weight is 472 g/mol. The minimum absolute atomic E-state index is 0.0961. The number of aryl methyl sites for hydroxylation is 1. The fraction of sp³-hybridized carbons (Fsp3) is 0.444. The van der Waals surface area contributed by atoms with E-state index in [-0.39, 0.29) is 5.69 Å². The quantitative estimate of drug-likeness (QED) is 0.383. The molecule has 0 saturated heterocycles. The third-order valence-electron chi connectivity index (χ3n) is 7.27. The predicted octanol–water partition coefficient (Wildman–Crippen LogP) is 5.17. The van der Waals surface area contributed by atoms with Gasteiger partial charge in [-0.3, -0.25) is 14.1 Å². The fourth-order valence-corrected chi connectivity index (χ4v) is 5.60. The number of pyridine rings is 1. The number of rotatable bonds is 8. The van der Waals surface area contributed by atoms with Gasteiger partial charge < -0.3 is 0 Å². The van der Waals surface area contributed by atoms with Crippen LogP contribution in [0.3, 0.4) is 0 Å². The summed E-state index contributed by atoms with van der Waals surface area (Å²) in [5.41, 5.74) is 4.83. The van der Waals surface area contributed by atoms with Crippen LogP contribution in [0.2, 0.25) is 0 Å². The van der Waals surface area contributed by atoms with Crippen LogP contribution in [0, 0.1) is 12.8 Å². The maximum Gasteiger partial charge on any atom is 0.328 e. The molecule has 1 aliphatic rings. The first-order valence-electron chi connectivity index (χ1n) is 12.7. The minimum atomic E-state index is 0.0961. The molecule has 8 heteroatoms. The second kappa shape index (κ2) is 10.4. The molecule has 0 spiro atoms. The molecule has 1 N–H and O–H groups in total. The number of imidazole rings is 1. The Morgan fingerprint density at radius 3 is 2.57 bits per heavy atom. The third kappa shape index (κ3) is 4.83. The lowest BCUT2D eigenvalue weighted by molar-refractivity contribution is 0.229. The van der Waals surface area contributed by atoms with Gasteiger partial charge in [0, 0.05) is 35.3 Å². The largest absolute Gasteiger partial charge is 0.328 e. The average Bonchev–Trinajstić information content (AvgIpc) is 3.52. The number of nitrogens with zero attached hydrogens (tertiary/aromatic N) is 6. The van der Waals surface area contributed by atoms with Gasteiger partial charge in [-0.25, -0.2) is 9.89 Å². The van der Waals surface area contributed by atoms with E-state index in [2.05, 4.69) is 39.0 Å². The van der Waals surface area contributed by atoms with Crippen molar-refractivity contribution in [2.45, 2.75) is 71.4 Å². The van der Waals surface area contributed by atoms with Crippen molar-refractivity contribution in [3.63, 3.8) is 0 Å². The highest BCUT2D eigenvalue weighted by Crippen LogP contribution is 2.35. The standard InChI is InChI=1S/C27H33N7O/c1-3-9-25(21-10-5-4-6-11-21)34-19(2)17-33(27(34)35)18-20-14-15-24(28-16-20)22-12-7-8-13-23(22)26-29-31-32-30-26/h7-8,12-17,21,25H,3-6,9-11,18H2,1-2H3,(H,29,30,31,32). The van der Waals surface area contributed by atoms with Crippen LogP contribution >= 0.6 is 0 Å². The molecular formula is C27H33N7O. The van der Waals surface area contributed by atoms with Crippen molar-refractivity contribution in [1.29, 1.82) is 0 Å². The highest BCUT2D eigenvalue weighted by molar-refractivity contribution is 5.78. The van der Waals surface area contributed by atoms with E-state index in [1.165, 1.54) is 32.1 Å². The van der Waals surface area contributed by atoms with Crippen molar-refractivity contribution >= 4 is 0 Å². The Kier molecular flexibility index (Phi) is 6.88. The first-order valence-corrected chi connectivity index (χ1v) is 12.7. The van der Waals surface area contributed by atoms with Crippen molar-refractivity contribution in [3.05, 3.63) is 70.5 Å². The smallest absolute Gasteiger partial charge is 0.294 e. The molecule has 1 unspecified atom stereocenters. The van der Waals surface area contributed by atoms with Crippen LogP contribution in [-0.4, -0.2) is 34.7 Å². The van der Waals surface area contributed by atoms with E-state index in [1.807, 2.05) is 53.4 Å². The summed E-state index contributed by atoms with van der Waals surface area (Å²) >= 11 is 0. The van der Waals surface area contributed by atoms with E-state index in [9.17, 15) is 4.79 Å². The number of aromatic amines is 1. The zero-order valence-corrected chi connectivity index (χ0v) is 20.5. The van der Waals surface area contributed by atoms with Gasteiger partial charge in [0.25, 0.3) is 0 Å². The third-order valence-corrected chi connectivity index (χ3v) is 7.27. The molecule has 1 aromatic carbocycles. The molecule has 8 nitrogen and oxygen atoms in total. The Labute approximate surface area is 205 Å². The molecule has 1 saturated carbocycles. The normalized spacial score (nSPS) is 15.4. The summed E-state index contributed by atoms with van der Waals surface area (Å²) < 4.78 is 3.91. The molecule has 1 aliphatic carbocycles. The Morgan fingerprint density at radius 2 is 1.89 bits per heavy atom. The Bertz CT molecular complexity index is 1300. The Balaban J connectivity index is 1.39.